The van der Waals surface area contributed by atoms with Gasteiger partial charge in [0.15, 0.2) is 0 Å². The van der Waals surface area contributed by atoms with Gasteiger partial charge < -0.3 is 10.8 Å². The molecule has 2 nitrogen and oxygen atoms in total. The van der Waals surface area contributed by atoms with Gasteiger partial charge in [0.1, 0.15) is 0 Å². The predicted molar refractivity (Wildman–Crippen MR) is 55.0 cm³/mol. The molecule has 0 bridgehead atoms. The van der Waals surface area contributed by atoms with Crippen molar-refractivity contribution in [2.45, 2.75) is 6.92 Å². The van der Waals surface area contributed by atoms with Crippen molar-refractivity contribution in [1.82, 2.24) is 0 Å². The number of aryl methyl sites for hydroxylation is 1. The Balaban J connectivity index is 0.000000261. The highest BCUT2D eigenvalue weighted by Crippen LogP contribution is 2.08. The third-order valence-corrected chi connectivity index (χ3v) is 1.67. The van der Waals surface area contributed by atoms with Crippen LogP contribution >= 0.6 is 15.9 Å². The lowest BCUT2D eigenvalue weighted by atomic mass is 10.2. The Morgan fingerprint density at radius 2 is 1.75 bits per heavy atom. The molecule has 0 unspecified atom stereocenters. The van der Waals surface area contributed by atoms with Gasteiger partial charge in [0.05, 0.1) is 6.61 Å². The fourth-order valence-electron chi connectivity index (χ4n) is 0.533. The molecule has 0 fully saturated rings. The molecular formula is C9H14BrNO. The molecule has 0 aliphatic heterocycles. The highest BCUT2D eigenvalue weighted by atomic mass is 79.9. The Morgan fingerprint density at radius 3 is 2.00 bits per heavy atom. The molecule has 0 amide bonds. The molecule has 1 rings (SSSR count). The molecule has 0 saturated heterocycles. The van der Waals surface area contributed by atoms with E-state index in [1.54, 1.807) is 0 Å². The molecule has 12 heavy (non-hydrogen) atoms. The van der Waals surface area contributed by atoms with Crippen molar-refractivity contribution < 1.29 is 5.11 Å². The maximum absolute atomic E-state index is 7.75. The summed E-state index contributed by atoms with van der Waals surface area (Å²) in [7, 11) is 0. The second-order valence-electron chi connectivity index (χ2n) is 2.31. The minimum Gasteiger partial charge on any atom is -0.395 e. The number of nitrogens with two attached hydrogens (primary N) is 1. The lowest BCUT2D eigenvalue weighted by Crippen LogP contribution is -2.02. The second kappa shape index (κ2) is 7.28. The Hall–Kier alpha value is -0.380. The summed E-state index contributed by atoms with van der Waals surface area (Å²) < 4.78 is 1.14. The zero-order valence-electron chi connectivity index (χ0n) is 7.13. The average Bonchev–Trinajstić information content (AvgIpc) is 2.11. The lowest BCUT2D eigenvalue weighted by Gasteiger charge is -1.88. The molecule has 3 heteroatoms. The van der Waals surface area contributed by atoms with Crippen LogP contribution in [0.15, 0.2) is 28.7 Å². The normalized spacial score (nSPS) is 8.67. The van der Waals surface area contributed by atoms with E-state index in [4.69, 9.17) is 10.8 Å². The van der Waals surface area contributed by atoms with Gasteiger partial charge in [-0.15, -0.1) is 0 Å². The van der Waals surface area contributed by atoms with Crippen LogP contribution in [0.5, 0.6) is 0 Å². The average molecular weight is 232 g/mol. The quantitative estimate of drug-likeness (QED) is 0.774. The third-order valence-electron chi connectivity index (χ3n) is 1.14. The SMILES string of the molecule is Cc1ccc(Br)cc1.NCCO. The Morgan fingerprint density at radius 1 is 1.33 bits per heavy atom. The van der Waals surface area contributed by atoms with Gasteiger partial charge >= 0.3 is 0 Å². The Labute approximate surface area is 81.5 Å². The molecule has 1 aromatic rings. The van der Waals surface area contributed by atoms with Crippen molar-refractivity contribution in [3.05, 3.63) is 34.3 Å². The lowest BCUT2D eigenvalue weighted by molar-refractivity contribution is 0.306. The largest absolute Gasteiger partial charge is 0.395 e. The highest BCUT2D eigenvalue weighted by Gasteiger charge is 1.81. The van der Waals surface area contributed by atoms with Gasteiger partial charge in [-0.25, -0.2) is 0 Å². The molecule has 0 spiro atoms. The fraction of sp³-hybridized carbons (Fsp3) is 0.333. The smallest absolute Gasteiger partial charge is 0.0553 e. The van der Waals surface area contributed by atoms with Crippen molar-refractivity contribution in [2.24, 2.45) is 5.73 Å². The van der Waals surface area contributed by atoms with Gasteiger partial charge in [-0.05, 0) is 19.1 Å². The van der Waals surface area contributed by atoms with Crippen molar-refractivity contribution in [3.63, 3.8) is 0 Å². The van der Waals surface area contributed by atoms with Crippen LogP contribution in [0.2, 0.25) is 0 Å². The first-order chi connectivity index (χ1) is 5.70. The standard InChI is InChI=1S/C7H7Br.C2H7NO/c1-6-2-4-7(8)5-3-6;3-1-2-4/h2-5H,1H3;4H,1-3H2. The van der Waals surface area contributed by atoms with E-state index in [9.17, 15) is 0 Å². The summed E-state index contributed by atoms with van der Waals surface area (Å²) >= 11 is 3.35. The van der Waals surface area contributed by atoms with Crippen LogP contribution in [0.4, 0.5) is 0 Å². The summed E-state index contributed by atoms with van der Waals surface area (Å²) in [5.74, 6) is 0. The van der Waals surface area contributed by atoms with Crippen molar-refractivity contribution >= 4 is 15.9 Å². The van der Waals surface area contributed by atoms with Gasteiger partial charge in [-0.1, -0.05) is 33.6 Å². The van der Waals surface area contributed by atoms with Crippen LogP contribution < -0.4 is 5.73 Å². The topological polar surface area (TPSA) is 46.2 Å². The fourth-order valence-corrected chi connectivity index (χ4v) is 0.798. The maximum Gasteiger partial charge on any atom is 0.0553 e. The third kappa shape index (κ3) is 6.34. The van der Waals surface area contributed by atoms with Crippen LogP contribution in [0, 0.1) is 6.92 Å². The number of aliphatic hydroxyl groups is 1. The van der Waals surface area contributed by atoms with Gasteiger partial charge in [0.25, 0.3) is 0 Å². The molecule has 0 saturated carbocycles. The zero-order chi connectivity index (χ0) is 9.40. The molecule has 0 aliphatic carbocycles. The number of hydrogen-bond donors (Lipinski definition) is 2. The predicted octanol–water partition coefficient (Wildman–Crippen LogP) is 1.69. The first kappa shape index (κ1) is 11.6. The van der Waals surface area contributed by atoms with Crippen molar-refractivity contribution in [3.8, 4) is 0 Å². The molecule has 0 atom stereocenters. The van der Waals surface area contributed by atoms with Gasteiger partial charge in [0, 0.05) is 11.0 Å². The summed E-state index contributed by atoms with van der Waals surface area (Å²) in [5.41, 5.74) is 6.08. The summed E-state index contributed by atoms with van der Waals surface area (Å²) in [6, 6.07) is 8.22. The second-order valence-corrected chi connectivity index (χ2v) is 3.22. The zero-order valence-corrected chi connectivity index (χ0v) is 8.71. The summed E-state index contributed by atoms with van der Waals surface area (Å²) in [6.07, 6.45) is 0. The molecule has 0 radical (unpaired) electrons. The van der Waals surface area contributed by atoms with E-state index < -0.39 is 0 Å². The minimum absolute atomic E-state index is 0.0972. The molecule has 1 aromatic carbocycles. The van der Waals surface area contributed by atoms with E-state index in [0.717, 1.165) is 4.47 Å². The first-order valence-electron chi connectivity index (χ1n) is 3.73. The summed E-state index contributed by atoms with van der Waals surface area (Å²) in [4.78, 5) is 0. The van der Waals surface area contributed by atoms with Crippen LogP contribution in [-0.2, 0) is 0 Å². The Kier molecular flexibility index (Phi) is 7.05. The Bertz CT molecular complexity index is 175. The van der Waals surface area contributed by atoms with E-state index in [2.05, 4.69) is 35.0 Å². The molecule has 3 N–H and O–H groups in total. The van der Waals surface area contributed by atoms with E-state index in [0.29, 0.717) is 6.54 Å². The van der Waals surface area contributed by atoms with Crippen molar-refractivity contribution in [2.75, 3.05) is 13.2 Å². The molecule has 0 aliphatic rings. The van der Waals surface area contributed by atoms with Crippen LogP contribution in [0.25, 0.3) is 0 Å². The number of benzene rings is 1. The van der Waals surface area contributed by atoms with Crippen LogP contribution in [0.3, 0.4) is 0 Å². The van der Waals surface area contributed by atoms with Gasteiger partial charge in [0.2, 0.25) is 0 Å². The summed E-state index contributed by atoms with van der Waals surface area (Å²) in [6.45, 7) is 2.55. The van der Waals surface area contributed by atoms with Gasteiger partial charge in [-0.3, -0.25) is 0 Å². The van der Waals surface area contributed by atoms with Gasteiger partial charge in [-0.2, -0.15) is 0 Å². The number of hydrogen-bond acceptors (Lipinski definition) is 2. The number of aliphatic hydroxyl groups excluding tert-OH is 1. The molecule has 0 aromatic heterocycles. The van der Waals surface area contributed by atoms with E-state index >= 15 is 0 Å². The van der Waals surface area contributed by atoms with E-state index in [1.807, 2.05) is 12.1 Å². The van der Waals surface area contributed by atoms with Crippen LogP contribution in [-0.4, -0.2) is 18.3 Å². The molecule has 0 heterocycles. The highest BCUT2D eigenvalue weighted by molar-refractivity contribution is 9.10. The molecule has 68 valence electrons. The van der Waals surface area contributed by atoms with E-state index in [1.165, 1.54) is 5.56 Å². The number of halogens is 1. The monoisotopic (exact) mass is 231 g/mol. The van der Waals surface area contributed by atoms with Crippen molar-refractivity contribution in [1.29, 1.82) is 0 Å². The summed E-state index contributed by atoms with van der Waals surface area (Å²) in [5, 5.41) is 7.75. The van der Waals surface area contributed by atoms with Crippen LogP contribution in [0.1, 0.15) is 5.56 Å². The minimum atomic E-state index is 0.0972. The van der Waals surface area contributed by atoms with E-state index in [-0.39, 0.29) is 6.61 Å². The maximum atomic E-state index is 7.75. The first-order valence-corrected chi connectivity index (χ1v) is 4.53. The molecular weight excluding hydrogens is 218 g/mol. The number of rotatable bonds is 1.